The van der Waals surface area contributed by atoms with Crippen molar-refractivity contribution in [2.75, 3.05) is 0 Å². The third-order valence-corrected chi connectivity index (χ3v) is 6.26. The summed E-state index contributed by atoms with van der Waals surface area (Å²) in [6.07, 6.45) is 4.78. The van der Waals surface area contributed by atoms with E-state index < -0.39 is 0 Å². The van der Waals surface area contributed by atoms with Gasteiger partial charge < -0.3 is 9.88 Å². The second-order valence-electron chi connectivity index (χ2n) is 7.24. The zero-order chi connectivity index (χ0) is 18.5. The van der Waals surface area contributed by atoms with Gasteiger partial charge in [0.15, 0.2) is 5.16 Å². The van der Waals surface area contributed by atoms with Crippen molar-refractivity contribution in [2.45, 2.75) is 69.4 Å². The van der Waals surface area contributed by atoms with Gasteiger partial charge in [-0.1, -0.05) is 61.9 Å². The van der Waals surface area contributed by atoms with Crippen molar-refractivity contribution in [3.8, 4) is 0 Å². The lowest BCUT2D eigenvalue weighted by Crippen LogP contribution is -2.44. The van der Waals surface area contributed by atoms with E-state index in [0.29, 0.717) is 12.0 Å². The molecule has 0 spiro atoms. The van der Waals surface area contributed by atoms with Gasteiger partial charge in [0.25, 0.3) is 0 Å². The van der Waals surface area contributed by atoms with Crippen LogP contribution < -0.4 is 5.32 Å². The average molecular weight is 373 g/mol. The minimum absolute atomic E-state index is 0.0978. The molecule has 3 rings (SSSR count). The van der Waals surface area contributed by atoms with Gasteiger partial charge in [-0.05, 0) is 38.2 Å². The van der Waals surface area contributed by atoms with Crippen LogP contribution in [0.15, 0.2) is 35.5 Å². The Morgan fingerprint density at radius 1 is 1.27 bits per heavy atom. The molecule has 26 heavy (non-hydrogen) atoms. The van der Waals surface area contributed by atoms with Gasteiger partial charge in [0.05, 0.1) is 11.8 Å². The SMILES string of the molecule is Cc1nnc(SC(C)C(=O)NC2CCCCC2C)n1Cc1ccccc1. The van der Waals surface area contributed by atoms with E-state index in [2.05, 4.69) is 39.1 Å². The summed E-state index contributed by atoms with van der Waals surface area (Å²) in [5.74, 6) is 1.53. The maximum absolute atomic E-state index is 12.6. The fourth-order valence-electron chi connectivity index (χ4n) is 3.44. The van der Waals surface area contributed by atoms with E-state index >= 15 is 0 Å². The molecule has 1 saturated carbocycles. The first kappa shape index (κ1) is 19.0. The molecule has 1 N–H and O–H groups in total. The molecule has 1 amide bonds. The third kappa shape index (κ3) is 4.67. The van der Waals surface area contributed by atoms with E-state index in [1.165, 1.54) is 36.6 Å². The molecule has 6 heteroatoms. The molecule has 1 aromatic heterocycles. The maximum atomic E-state index is 12.6. The lowest BCUT2D eigenvalue weighted by atomic mass is 9.86. The topological polar surface area (TPSA) is 59.8 Å². The van der Waals surface area contributed by atoms with Gasteiger partial charge >= 0.3 is 0 Å². The summed E-state index contributed by atoms with van der Waals surface area (Å²) in [4.78, 5) is 12.6. The van der Waals surface area contributed by atoms with Crippen LogP contribution in [0.1, 0.15) is 50.9 Å². The van der Waals surface area contributed by atoms with Gasteiger partial charge in [-0.25, -0.2) is 0 Å². The number of rotatable bonds is 6. The number of carbonyl (C=O) groups excluding carboxylic acids is 1. The van der Waals surface area contributed by atoms with Crippen LogP contribution in [0.2, 0.25) is 0 Å². The predicted octanol–water partition coefficient (Wildman–Crippen LogP) is 3.81. The van der Waals surface area contributed by atoms with E-state index in [9.17, 15) is 4.79 Å². The number of nitrogens with one attached hydrogen (secondary N) is 1. The third-order valence-electron chi connectivity index (χ3n) is 5.18. The number of aryl methyl sites for hydroxylation is 1. The van der Waals surface area contributed by atoms with Crippen LogP contribution in [0.4, 0.5) is 0 Å². The van der Waals surface area contributed by atoms with E-state index in [4.69, 9.17) is 0 Å². The maximum Gasteiger partial charge on any atom is 0.233 e. The summed E-state index contributed by atoms with van der Waals surface area (Å²) in [5.41, 5.74) is 1.20. The zero-order valence-electron chi connectivity index (χ0n) is 15.8. The molecule has 3 atom stereocenters. The Kier molecular flexibility index (Phi) is 6.35. The summed E-state index contributed by atoms with van der Waals surface area (Å²) < 4.78 is 2.08. The summed E-state index contributed by atoms with van der Waals surface area (Å²) >= 11 is 1.49. The van der Waals surface area contributed by atoms with Crippen LogP contribution in [0.5, 0.6) is 0 Å². The van der Waals surface area contributed by atoms with Crippen molar-refractivity contribution in [2.24, 2.45) is 5.92 Å². The van der Waals surface area contributed by atoms with Crippen molar-refractivity contribution in [1.82, 2.24) is 20.1 Å². The molecule has 1 aliphatic rings. The van der Waals surface area contributed by atoms with Crippen molar-refractivity contribution in [1.29, 1.82) is 0 Å². The smallest absolute Gasteiger partial charge is 0.233 e. The molecular formula is C20H28N4OS. The normalized spacial score (nSPS) is 21.3. The number of aromatic nitrogens is 3. The molecule has 0 radical (unpaired) electrons. The molecule has 5 nitrogen and oxygen atoms in total. The van der Waals surface area contributed by atoms with E-state index in [1.807, 2.05) is 32.0 Å². The first-order valence-electron chi connectivity index (χ1n) is 9.45. The standard InChI is InChI=1S/C20H28N4OS/c1-14-9-7-8-12-18(14)21-19(25)15(2)26-20-23-22-16(3)24(20)13-17-10-5-4-6-11-17/h4-6,10-11,14-15,18H,7-9,12-13H2,1-3H3,(H,21,25). The van der Waals surface area contributed by atoms with Gasteiger partial charge in [-0.2, -0.15) is 0 Å². The van der Waals surface area contributed by atoms with Gasteiger partial charge in [-0.15, -0.1) is 10.2 Å². The molecule has 1 heterocycles. The number of thioether (sulfide) groups is 1. The number of nitrogens with zero attached hydrogens (tertiary/aromatic N) is 3. The second-order valence-corrected chi connectivity index (χ2v) is 8.55. The van der Waals surface area contributed by atoms with E-state index in [-0.39, 0.29) is 11.2 Å². The Morgan fingerprint density at radius 3 is 2.73 bits per heavy atom. The molecule has 1 fully saturated rings. The van der Waals surface area contributed by atoms with Crippen LogP contribution in [0, 0.1) is 12.8 Å². The number of hydrogen-bond acceptors (Lipinski definition) is 4. The number of hydrogen-bond donors (Lipinski definition) is 1. The lowest BCUT2D eigenvalue weighted by molar-refractivity contribution is -0.121. The monoisotopic (exact) mass is 372 g/mol. The van der Waals surface area contributed by atoms with Crippen molar-refractivity contribution >= 4 is 17.7 Å². The Morgan fingerprint density at radius 2 is 2.00 bits per heavy atom. The predicted molar refractivity (Wildman–Crippen MR) is 105 cm³/mol. The van der Waals surface area contributed by atoms with Crippen molar-refractivity contribution < 1.29 is 4.79 Å². The molecule has 1 aromatic carbocycles. The fourth-order valence-corrected chi connectivity index (χ4v) is 4.34. The zero-order valence-corrected chi connectivity index (χ0v) is 16.6. The highest BCUT2D eigenvalue weighted by molar-refractivity contribution is 8.00. The van der Waals surface area contributed by atoms with Crippen LogP contribution in [0.3, 0.4) is 0 Å². The highest BCUT2D eigenvalue weighted by atomic mass is 32.2. The summed E-state index contributed by atoms with van der Waals surface area (Å²) in [5, 5.41) is 12.4. The molecule has 140 valence electrons. The number of carbonyl (C=O) groups is 1. The van der Waals surface area contributed by atoms with Gasteiger partial charge in [0.1, 0.15) is 5.82 Å². The number of amides is 1. The highest BCUT2D eigenvalue weighted by Gasteiger charge is 2.26. The van der Waals surface area contributed by atoms with Gasteiger partial charge in [0.2, 0.25) is 5.91 Å². The first-order valence-corrected chi connectivity index (χ1v) is 10.3. The van der Waals surface area contributed by atoms with Gasteiger partial charge in [-0.3, -0.25) is 4.79 Å². The quantitative estimate of drug-likeness (QED) is 0.783. The van der Waals surface area contributed by atoms with E-state index in [1.54, 1.807) is 0 Å². The van der Waals surface area contributed by atoms with E-state index in [0.717, 1.165) is 23.9 Å². The summed E-state index contributed by atoms with van der Waals surface area (Å²) in [6, 6.07) is 10.6. The number of benzene rings is 1. The van der Waals surface area contributed by atoms with Crippen molar-refractivity contribution in [3.63, 3.8) is 0 Å². The minimum Gasteiger partial charge on any atom is -0.352 e. The molecule has 0 bridgehead atoms. The van der Waals surface area contributed by atoms with Crippen LogP contribution in [0.25, 0.3) is 0 Å². The van der Waals surface area contributed by atoms with Crippen molar-refractivity contribution in [3.05, 3.63) is 41.7 Å². The van der Waals surface area contributed by atoms with Gasteiger partial charge in [0, 0.05) is 6.04 Å². The largest absolute Gasteiger partial charge is 0.352 e. The Balaban J connectivity index is 1.63. The molecule has 1 aliphatic carbocycles. The Labute approximate surface area is 160 Å². The highest BCUT2D eigenvalue weighted by Crippen LogP contribution is 2.26. The van der Waals surface area contributed by atoms with Crippen LogP contribution in [-0.4, -0.2) is 32.0 Å². The molecule has 0 aliphatic heterocycles. The Hall–Kier alpha value is -1.82. The van der Waals surface area contributed by atoms with Crippen LogP contribution in [-0.2, 0) is 11.3 Å². The summed E-state index contributed by atoms with van der Waals surface area (Å²) in [6.45, 7) is 6.86. The average Bonchev–Trinajstić information content (AvgIpc) is 2.98. The lowest BCUT2D eigenvalue weighted by Gasteiger charge is -2.30. The molecule has 3 unspecified atom stereocenters. The fraction of sp³-hybridized carbons (Fsp3) is 0.550. The molecule has 2 aromatic rings. The minimum atomic E-state index is -0.192. The summed E-state index contributed by atoms with van der Waals surface area (Å²) in [7, 11) is 0. The second kappa shape index (κ2) is 8.71. The molecular weight excluding hydrogens is 344 g/mol. The van der Waals surface area contributed by atoms with Crippen LogP contribution >= 0.6 is 11.8 Å². The molecule has 0 saturated heterocycles. The first-order chi connectivity index (χ1) is 12.5. The Bertz CT molecular complexity index is 731.